The van der Waals surface area contributed by atoms with E-state index in [1.165, 1.54) is 0 Å². The molecule has 2 aliphatic heterocycles. The Morgan fingerprint density at radius 1 is 1.22 bits per heavy atom. The first kappa shape index (κ1) is 17.6. The van der Waals surface area contributed by atoms with Crippen molar-refractivity contribution in [3.8, 4) is 5.75 Å². The number of hydrogen-bond acceptors (Lipinski definition) is 5. The van der Waals surface area contributed by atoms with E-state index in [1.807, 2.05) is 19.9 Å². The van der Waals surface area contributed by atoms with E-state index in [9.17, 15) is 14.4 Å². The lowest BCUT2D eigenvalue weighted by atomic mass is 10.0. The molecule has 2 atom stereocenters. The van der Waals surface area contributed by atoms with Crippen molar-refractivity contribution in [3.05, 3.63) is 39.2 Å². The number of nitrogens with one attached hydrogen (secondary N) is 1. The summed E-state index contributed by atoms with van der Waals surface area (Å²) in [7, 11) is 0. The maximum Gasteiger partial charge on any atom is 0.339 e. The van der Waals surface area contributed by atoms with Gasteiger partial charge in [0.1, 0.15) is 11.3 Å². The minimum absolute atomic E-state index is 0.0297. The molecule has 0 aliphatic carbocycles. The van der Waals surface area contributed by atoms with Gasteiger partial charge in [-0.1, -0.05) is 0 Å². The molecule has 7 nitrogen and oxygen atoms in total. The monoisotopic (exact) mass is 370 g/mol. The topological polar surface area (TPSA) is 88.9 Å². The third-order valence-corrected chi connectivity index (χ3v) is 5.68. The molecule has 0 radical (unpaired) electrons. The number of likely N-dealkylation sites (tertiary alicyclic amines) is 1. The molecule has 142 valence electrons. The van der Waals surface area contributed by atoms with E-state index >= 15 is 0 Å². The van der Waals surface area contributed by atoms with Crippen LogP contribution in [0.4, 0.5) is 0 Å². The van der Waals surface area contributed by atoms with Gasteiger partial charge in [0.2, 0.25) is 5.91 Å². The van der Waals surface area contributed by atoms with E-state index in [2.05, 4.69) is 5.32 Å². The van der Waals surface area contributed by atoms with E-state index in [1.54, 1.807) is 17.9 Å². The van der Waals surface area contributed by atoms with Gasteiger partial charge in [-0.15, -0.1) is 0 Å². The van der Waals surface area contributed by atoms with Crippen molar-refractivity contribution in [1.82, 2.24) is 10.2 Å². The van der Waals surface area contributed by atoms with Crippen molar-refractivity contribution < 1.29 is 18.7 Å². The number of aryl methyl sites for hydroxylation is 2. The minimum Gasteiger partial charge on any atom is -0.483 e. The zero-order valence-electron chi connectivity index (χ0n) is 15.6. The van der Waals surface area contributed by atoms with Crippen molar-refractivity contribution in [2.24, 2.45) is 11.8 Å². The van der Waals surface area contributed by atoms with Gasteiger partial charge in [-0.3, -0.25) is 9.59 Å². The lowest BCUT2D eigenvalue weighted by Gasteiger charge is -2.18. The average molecular weight is 370 g/mol. The molecule has 3 heterocycles. The van der Waals surface area contributed by atoms with Gasteiger partial charge in [0, 0.05) is 31.1 Å². The van der Waals surface area contributed by atoms with E-state index in [0.717, 1.165) is 11.1 Å². The summed E-state index contributed by atoms with van der Waals surface area (Å²) in [4.78, 5) is 38.0. The summed E-state index contributed by atoms with van der Waals surface area (Å²) in [5.41, 5.74) is 2.29. The molecule has 27 heavy (non-hydrogen) atoms. The van der Waals surface area contributed by atoms with Crippen molar-refractivity contribution in [3.63, 3.8) is 0 Å². The number of benzene rings is 1. The van der Waals surface area contributed by atoms with Crippen molar-refractivity contribution in [2.45, 2.75) is 20.8 Å². The first-order valence-corrected chi connectivity index (χ1v) is 9.08. The van der Waals surface area contributed by atoms with Crippen molar-refractivity contribution in [2.75, 3.05) is 26.2 Å². The van der Waals surface area contributed by atoms with Crippen LogP contribution in [0.3, 0.4) is 0 Å². The fourth-order valence-corrected chi connectivity index (χ4v) is 3.97. The number of hydrogen-bond donors (Lipinski definition) is 1. The first-order chi connectivity index (χ1) is 12.8. The molecule has 2 aromatic rings. The molecule has 2 fully saturated rings. The molecule has 1 aromatic carbocycles. The molecule has 0 unspecified atom stereocenters. The van der Waals surface area contributed by atoms with Crippen LogP contribution >= 0.6 is 0 Å². The third kappa shape index (κ3) is 2.97. The number of amides is 2. The van der Waals surface area contributed by atoms with E-state index < -0.39 is 0 Å². The second-order valence-electron chi connectivity index (χ2n) is 7.47. The highest BCUT2D eigenvalue weighted by Crippen LogP contribution is 2.31. The molecular weight excluding hydrogens is 348 g/mol. The highest BCUT2D eigenvalue weighted by molar-refractivity contribution is 5.89. The van der Waals surface area contributed by atoms with Crippen LogP contribution in [-0.4, -0.2) is 43.0 Å². The van der Waals surface area contributed by atoms with E-state index in [4.69, 9.17) is 9.15 Å². The standard InChI is InChI=1S/C20H22N2O5/c1-10-4-15(18-11(2)12(3)20(25)27-16(18)5-10)26-9-17(23)22-7-13-6-21-19(24)14(13)8-22/h4-5,13-14H,6-9H2,1-3H3,(H,21,24)/t13-,14+/m0/s1. The third-order valence-electron chi connectivity index (χ3n) is 5.68. The van der Waals surface area contributed by atoms with Crippen LogP contribution in [0.25, 0.3) is 11.0 Å². The number of ether oxygens (including phenoxy) is 1. The van der Waals surface area contributed by atoms with Crippen LogP contribution < -0.4 is 15.7 Å². The smallest absolute Gasteiger partial charge is 0.339 e. The summed E-state index contributed by atoms with van der Waals surface area (Å²) in [6.07, 6.45) is 0. The number of fused-ring (bicyclic) bond motifs is 2. The maximum atomic E-state index is 12.6. The maximum absolute atomic E-state index is 12.6. The second-order valence-corrected chi connectivity index (χ2v) is 7.47. The number of nitrogens with zero attached hydrogens (tertiary/aromatic N) is 1. The normalized spacial score (nSPS) is 21.4. The van der Waals surface area contributed by atoms with Crippen LogP contribution in [0.5, 0.6) is 5.75 Å². The van der Waals surface area contributed by atoms with Gasteiger partial charge in [0.05, 0.1) is 11.3 Å². The van der Waals surface area contributed by atoms with Gasteiger partial charge in [-0.2, -0.15) is 0 Å². The summed E-state index contributed by atoms with van der Waals surface area (Å²) < 4.78 is 11.2. The molecule has 1 aromatic heterocycles. The van der Waals surface area contributed by atoms with Crippen LogP contribution in [0.15, 0.2) is 21.3 Å². The van der Waals surface area contributed by atoms with Crippen LogP contribution in [0.2, 0.25) is 0 Å². The summed E-state index contributed by atoms with van der Waals surface area (Å²) in [5.74, 6) is 0.508. The highest BCUT2D eigenvalue weighted by Gasteiger charge is 2.43. The quantitative estimate of drug-likeness (QED) is 0.823. The Kier molecular flexibility index (Phi) is 4.17. The van der Waals surface area contributed by atoms with Gasteiger partial charge in [0.15, 0.2) is 6.61 Å². The second kappa shape index (κ2) is 6.40. The average Bonchev–Trinajstić information content (AvgIpc) is 3.19. The Labute approximate surface area is 156 Å². The van der Waals surface area contributed by atoms with Crippen LogP contribution in [0.1, 0.15) is 16.7 Å². The van der Waals surface area contributed by atoms with Gasteiger partial charge < -0.3 is 19.4 Å². The van der Waals surface area contributed by atoms with E-state index in [0.29, 0.717) is 41.9 Å². The summed E-state index contributed by atoms with van der Waals surface area (Å²) >= 11 is 0. The molecule has 0 spiro atoms. The Hall–Kier alpha value is -2.83. The fourth-order valence-electron chi connectivity index (χ4n) is 3.97. The molecule has 7 heteroatoms. The Morgan fingerprint density at radius 2 is 2.00 bits per heavy atom. The lowest BCUT2D eigenvalue weighted by molar-refractivity contribution is -0.132. The van der Waals surface area contributed by atoms with E-state index in [-0.39, 0.29) is 35.9 Å². The van der Waals surface area contributed by atoms with Crippen LogP contribution in [-0.2, 0) is 9.59 Å². The van der Waals surface area contributed by atoms with Crippen LogP contribution in [0, 0.1) is 32.6 Å². The molecule has 2 amide bonds. The summed E-state index contributed by atoms with van der Waals surface area (Å²) in [6, 6.07) is 3.63. The summed E-state index contributed by atoms with van der Waals surface area (Å²) in [6.45, 7) is 6.98. The molecule has 1 N–H and O–H groups in total. The predicted molar refractivity (Wildman–Crippen MR) is 98.8 cm³/mol. The van der Waals surface area contributed by atoms with Gasteiger partial charge in [0.25, 0.3) is 5.91 Å². The van der Waals surface area contributed by atoms with Crippen molar-refractivity contribution in [1.29, 1.82) is 0 Å². The fraction of sp³-hybridized carbons (Fsp3) is 0.450. The number of rotatable bonds is 3. The van der Waals surface area contributed by atoms with Gasteiger partial charge in [-0.25, -0.2) is 4.79 Å². The zero-order valence-corrected chi connectivity index (χ0v) is 15.6. The largest absolute Gasteiger partial charge is 0.483 e. The Balaban J connectivity index is 1.55. The molecule has 2 aliphatic rings. The van der Waals surface area contributed by atoms with Gasteiger partial charge >= 0.3 is 5.63 Å². The molecule has 2 saturated heterocycles. The van der Waals surface area contributed by atoms with Crippen molar-refractivity contribution >= 4 is 22.8 Å². The molecule has 4 rings (SSSR count). The molecule has 0 bridgehead atoms. The number of carbonyl (C=O) groups is 2. The number of carbonyl (C=O) groups excluding carboxylic acids is 2. The predicted octanol–water partition coefficient (Wildman–Crippen LogP) is 1.30. The summed E-state index contributed by atoms with van der Waals surface area (Å²) in [5, 5.41) is 3.55. The first-order valence-electron chi connectivity index (χ1n) is 9.08. The zero-order chi connectivity index (χ0) is 19.3. The highest BCUT2D eigenvalue weighted by atomic mass is 16.5. The molecule has 0 saturated carbocycles. The lowest BCUT2D eigenvalue weighted by Crippen LogP contribution is -2.36. The Morgan fingerprint density at radius 3 is 2.74 bits per heavy atom. The SMILES string of the molecule is Cc1cc(OCC(=O)N2C[C@@H]3CNC(=O)[C@@H]3C2)c2c(C)c(C)c(=O)oc2c1. The van der Waals surface area contributed by atoms with Gasteiger partial charge in [-0.05, 0) is 44.0 Å². The Bertz CT molecular complexity index is 1010. The molecular formula is C20H22N2O5. The minimum atomic E-state index is -0.366.